The Hall–Kier alpha value is -0.540. The van der Waals surface area contributed by atoms with Crippen LogP contribution in [0.4, 0.5) is 0 Å². The van der Waals surface area contributed by atoms with Gasteiger partial charge in [-0.1, -0.05) is 18.9 Å². The standard InChI is InChI=1S/C11H20N2O.ClH/c1-3-8-13-10(14)11(2)7-5-4-6-9(11)12;/h3,9H,1,4-8,12H2,2H3,(H,13,14);1H. The van der Waals surface area contributed by atoms with Crippen molar-refractivity contribution < 1.29 is 4.79 Å². The van der Waals surface area contributed by atoms with Gasteiger partial charge in [0.05, 0.1) is 5.41 Å². The largest absolute Gasteiger partial charge is 0.352 e. The maximum absolute atomic E-state index is 11.9. The van der Waals surface area contributed by atoms with Gasteiger partial charge >= 0.3 is 0 Å². The monoisotopic (exact) mass is 232 g/mol. The first kappa shape index (κ1) is 14.5. The third-order valence-electron chi connectivity index (χ3n) is 3.21. The summed E-state index contributed by atoms with van der Waals surface area (Å²) in [6.07, 6.45) is 5.79. The predicted octanol–water partition coefficient (Wildman–Crippen LogP) is 1.62. The van der Waals surface area contributed by atoms with Gasteiger partial charge in [0.15, 0.2) is 0 Å². The topological polar surface area (TPSA) is 55.1 Å². The van der Waals surface area contributed by atoms with Gasteiger partial charge in [0, 0.05) is 12.6 Å². The van der Waals surface area contributed by atoms with Crippen molar-refractivity contribution >= 4 is 18.3 Å². The predicted molar refractivity (Wildman–Crippen MR) is 65.0 cm³/mol. The molecule has 2 unspecified atom stereocenters. The fraction of sp³-hybridized carbons (Fsp3) is 0.727. The molecule has 1 aliphatic carbocycles. The average molecular weight is 233 g/mol. The number of amides is 1. The maximum atomic E-state index is 11.9. The lowest BCUT2D eigenvalue weighted by Gasteiger charge is -2.37. The van der Waals surface area contributed by atoms with E-state index < -0.39 is 0 Å². The quantitative estimate of drug-likeness (QED) is 0.727. The lowest BCUT2D eigenvalue weighted by Crippen LogP contribution is -2.52. The molecule has 0 aromatic carbocycles. The minimum atomic E-state index is -0.374. The van der Waals surface area contributed by atoms with Gasteiger partial charge in [-0.2, -0.15) is 0 Å². The Morgan fingerprint density at radius 3 is 2.87 bits per heavy atom. The highest BCUT2D eigenvalue weighted by Gasteiger charge is 2.40. The van der Waals surface area contributed by atoms with Crippen LogP contribution in [0.3, 0.4) is 0 Å². The second-order valence-electron chi connectivity index (χ2n) is 4.27. The van der Waals surface area contributed by atoms with Crippen LogP contribution in [0.2, 0.25) is 0 Å². The molecule has 1 aliphatic rings. The molecule has 0 spiro atoms. The number of hydrogen-bond donors (Lipinski definition) is 2. The van der Waals surface area contributed by atoms with Crippen molar-refractivity contribution in [3.8, 4) is 0 Å². The van der Waals surface area contributed by atoms with E-state index in [2.05, 4.69) is 11.9 Å². The molecule has 1 fully saturated rings. The van der Waals surface area contributed by atoms with E-state index in [9.17, 15) is 4.79 Å². The van der Waals surface area contributed by atoms with Crippen LogP contribution in [0.1, 0.15) is 32.6 Å². The van der Waals surface area contributed by atoms with Gasteiger partial charge in [0.2, 0.25) is 5.91 Å². The third kappa shape index (κ3) is 3.21. The Morgan fingerprint density at radius 1 is 1.67 bits per heavy atom. The van der Waals surface area contributed by atoms with Crippen molar-refractivity contribution in [3.05, 3.63) is 12.7 Å². The van der Waals surface area contributed by atoms with Gasteiger partial charge in [0.1, 0.15) is 0 Å². The summed E-state index contributed by atoms with van der Waals surface area (Å²) in [5.41, 5.74) is 5.63. The van der Waals surface area contributed by atoms with E-state index in [4.69, 9.17) is 5.73 Å². The van der Waals surface area contributed by atoms with Gasteiger partial charge in [-0.05, 0) is 19.8 Å². The van der Waals surface area contributed by atoms with E-state index in [1.165, 1.54) is 0 Å². The first-order valence-electron chi connectivity index (χ1n) is 5.26. The molecule has 1 rings (SSSR count). The van der Waals surface area contributed by atoms with E-state index in [1.54, 1.807) is 6.08 Å². The SMILES string of the molecule is C=CCNC(=O)C1(C)CCCCC1N.Cl. The zero-order chi connectivity index (χ0) is 10.6. The summed E-state index contributed by atoms with van der Waals surface area (Å²) in [5, 5.41) is 2.84. The zero-order valence-electron chi connectivity index (χ0n) is 9.29. The van der Waals surface area contributed by atoms with E-state index in [0.717, 1.165) is 25.7 Å². The Bertz CT molecular complexity index is 233. The normalized spacial score (nSPS) is 30.1. The number of nitrogens with one attached hydrogen (secondary N) is 1. The van der Waals surface area contributed by atoms with E-state index >= 15 is 0 Å². The molecule has 0 bridgehead atoms. The number of hydrogen-bond acceptors (Lipinski definition) is 2. The smallest absolute Gasteiger partial charge is 0.227 e. The number of rotatable bonds is 3. The lowest BCUT2D eigenvalue weighted by molar-refractivity contribution is -0.132. The summed E-state index contributed by atoms with van der Waals surface area (Å²) < 4.78 is 0. The zero-order valence-corrected chi connectivity index (χ0v) is 10.1. The molecule has 15 heavy (non-hydrogen) atoms. The molecule has 1 amide bonds. The van der Waals surface area contributed by atoms with Gasteiger partial charge < -0.3 is 11.1 Å². The Kier molecular flexibility index (Phi) is 5.91. The first-order valence-corrected chi connectivity index (χ1v) is 5.26. The summed E-state index contributed by atoms with van der Waals surface area (Å²) in [6, 6.07) is 0.000986. The highest BCUT2D eigenvalue weighted by atomic mass is 35.5. The molecule has 0 heterocycles. The summed E-state index contributed by atoms with van der Waals surface area (Å²) in [7, 11) is 0. The molecular formula is C11H21ClN2O. The van der Waals surface area contributed by atoms with Crippen LogP contribution in [0.15, 0.2) is 12.7 Å². The van der Waals surface area contributed by atoms with Crippen molar-refractivity contribution in [2.45, 2.75) is 38.6 Å². The molecular weight excluding hydrogens is 212 g/mol. The summed E-state index contributed by atoms with van der Waals surface area (Å²) in [4.78, 5) is 11.9. The van der Waals surface area contributed by atoms with Gasteiger partial charge in [-0.3, -0.25) is 4.79 Å². The molecule has 0 aromatic heterocycles. The number of carbonyl (C=O) groups excluding carboxylic acids is 1. The number of carbonyl (C=O) groups is 1. The van der Waals surface area contributed by atoms with Crippen LogP contribution in [0.25, 0.3) is 0 Å². The maximum Gasteiger partial charge on any atom is 0.227 e. The Balaban J connectivity index is 0.00000196. The molecule has 3 N–H and O–H groups in total. The lowest BCUT2D eigenvalue weighted by atomic mass is 9.71. The molecule has 0 aliphatic heterocycles. The molecule has 1 saturated carbocycles. The second kappa shape index (κ2) is 6.13. The van der Waals surface area contributed by atoms with E-state index in [0.29, 0.717) is 6.54 Å². The average Bonchev–Trinajstić information content (AvgIpc) is 2.19. The fourth-order valence-corrected chi connectivity index (χ4v) is 2.01. The van der Waals surface area contributed by atoms with Crippen molar-refractivity contribution in [1.82, 2.24) is 5.32 Å². The van der Waals surface area contributed by atoms with Crippen molar-refractivity contribution in [2.75, 3.05) is 6.54 Å². The molecule has 4 heteroatoms. The molecule has 0 saturated heterocycles. The summed E-state index contributed by atoms with van der Waals surface area (Å²) >= 11 is 0. The van der Waals surface area contributed by atoms with Crippen LogP contribution in [-0.2, 0) is 4.79 Å². The minimum Gasteiger partial charge on any atom is -0.352 e. The second-order valence-corrected chi connectivity index (χ2v) is 4.27. The van der Waals surface area contributed by atoms with Crippen LogP contribution >= 0.6 is 12.4 Å². The Morgan fingerprint density at radius 2 is 2.33 bits per heavy atom. The molecule has 2 atom stereocenters. The molecule has 0 aromatic rings. The van der Waals surface area contributed by atoms with Crippen molar-refractivity contribution in [2.24, 2.45) is 11.1 Å². The molecule has 3 nitrogen and oxygen atoms in total. The molecule has 0 radical (unpaired) electrons. The van der Waals surface area contributed by atoms with Crippen LogP contribution in [0, 0.1) is 5.41 Å². The van der Waals surface area contributed by atoms with Crippen LogP contribution in [0.5, 0.6) is 0 Å². The van der Waals surface area contributed by atoms with E-state index in [1.807, 2.05) is 6.92 Å². The highest BCUT2D eigenvalue weighted by Crippen LogP contribution is 2.34. The first-order chi connectivity index (χ1) is 6.61. The van der Waals surface area contributed by atoms with Gasteiger partial charge in [-0.15, -0.1) is 19.0 Å². The van der Waals surface area contributed by atoms with Crippen molar-refractivity contribution in [1.29, 1.82) is 0 Å². The summed E-state index contributed by atoms with van der Waals surface area (Å²) in [5.74, 6) is 0.0737. The summed E-state index contributed by atoms with van der Waals surface area (Å²) in [6.45, 7) is 6.07. The van der Waals surface area contributed by atoms with Gasteiger partial charge in [-0.25, -0.2) is 0 Å². The van der Waals surface area contributed by atoms with Gasteiger partial charge in [0.25, 0.3) is 0 Å². The number of halogens is 1. The van der Waals surface area contributed by atoms with Crippen LogP contribution in [-0.4, -0.2) is 18.5 Å². The fourth-order valence-electron chi connectivity index (χ4n) is 2.01. The highest BCUT2D eigenvalue weighted by molar-refractivity contribution is 5.85. The third-order valence-corrected chi connectivity index (χ3v) is 3.21. The minimum absolute atomic E-state index is 0. The number of nitrogens with two attached hydrogens (primary N) is 1. The van der Waals surface area contributed by atoms with Crippen molar-refractivity contribution in [3.63, 3.8) is 0 Å². The molecule has 88 valence electrons. The van der Waals surface area contributed by atoms with E-state index in [-0.39, 0.29) is 29.8 Å². The van der Waals surface area contributed by atoms with Crippen LogP contribution < -0.4 is 11.1 Å². The Labute approximate surface area is 97.9 Å².